The van der Waals surface area contributed by atoms with Crippen LogP contribution in [0.4, 0.5) is 0 Å². The van der Waals surface area contributed by atoms with Gasteiger partial charge in [-0.3, -0.25) is 0 Å². The van der Waals surface area contributed by atoms with Crippen molar-refractivity contribution in [2.75, 3.05) is 12.3 Å². The Balaban J connectivity index is 1.77. The fourth-order valence-corrected chi connectivity index (χ4v) is 4.35. The lowest BCUT2D eigenvalue weighted by Gasteiger charge is -2.20. The summed E-state index contributed by atoms with van der Waals surface area (Å²) < 4.78 is 0. The van der Waals surface area contributed by atoms with Crippen molar-refractivity contribution in [1.82, 2.24) is 5.32 Å². The molecule has 1 nitrogen and oxygen atoms in total. The third-order valence-electron chi connectivity index (χ3n) is 4.39. The molecule has 0 aliphatic heterocycles. The number of thioether (sulfide) groups is 1. The van der Waals surface area contributed by atoms with E-state index in [-0.39, 0.29) is 0 Å². The van der Waals surface area contributed by atoms with Crippen LogP contribution >= 0.6 is 11.8 Å². The zero-order valence-electron chi connectivity index (χ0n) is 13.2. The standard InChI is InChI=1S/C18H29NS/c1-4-11-19-17-7-5-6-16(17)10-12-20-18-9-8-14(2)13-15(18)3/h8-9,13,16-17,19H,4-7,10-12H2,1-3H3. The van der Waals surface area contributed by atoms with Crippen LogP contribution in [-0.2, 0) is 0 Å². The van der Waals surface area contributed by atoms with Crippen molar-refractivity contribution < 1.29 is 0 Å². The van der Waals surface area contributed by atoms with Crippen molar-refractivity contribution in [3.8, 4) is 0 Å². The number of hydrogen-bond acceptors (Lipinski definition) is 2. The molecule has 1 fully saturated rings. The largest absolute Gasteiger partial charge is 0.314 e. The van der Waals surface area contributed by atoms with E-state index >= 15 is 0 Å². The molecule has 1 N–H and O–H groups in total. The molecule has 2 atom stereocenters. The molecule has 2 heteroatoms. The predicted molar refractivity (Wildman–Crippen MR) is 90.7 cm³/mol. The smallest absolute Gasteiger partial charge is 0.0101 e. The molecule has 1 aromatic carbocycles. The van der Waals surface area contributed by atoms with E-state index in [0.717, 1.165) is 12.0 Å². The summed E-state index contributed by atoms with van der Waals surface area (Å²) in [4.78, 5) is 1.46. The number of aryl methyl sites for hydroxylation is 2. The molecule has 1 aliphatic carbocycles. The van der Waals surface area contributed by atoms with E-state index in [4.69, 9.17) is 0 Å². The highest BCUT2D eigenvalue weighted by Gasteiger charge is 2.25. The summed E-state index contributed by atoms with van der Waals surface area (Å²) in [7, 11) is 0. The van der Waals surface area contributed by atoms with Gasteiger partial charge in [0.15, 0.2) is 0 Å². The lowest BCUT2D eigenvalue weighted by atomic mass is 10.0. The Bertz CT molecular complexity index is 416. The zero-order valence-corrected chi connectivity index (χ0v) is 14.1. The van der Waals surface area contributed by atoms with Gasteiger partial charge in [0.25, 0.3) is 0 Å². The van der Waals surface area contributed by atoms with Crippen LogP contribution in [0, 0.1) is 19.8 Å². The third kappa shape index (κ3) is 4.53. The van der Waals surface area contributed by atoms with Gasteiger partial charge in [0, 0.05) is 10.9 Å². The van der Waals surface area contributed by atoms with Crippen molar-refractivity contribution in [3.05, 3.63) is 29.3 Å². The minimum Gasteiger partial charge on any atom is -0.314 e. The molecule has 0 spiro atoms. The van der Waals surface area contributed by atoms with Crippen molar-refractivity contribution in [2.45, 2.75) is 63.8 Å². The Labute approximate surface area is 128 Å². The second-order valence-electron chi connectivity index (χ2n) is 6.16. The van der Waals surface area contributed by atoms with Crippen LogP contribution in [0.2, 0.25) is 0 Å². The summed E-state index contributed by atoms with van der Waals surface area (Å²) in [5.41, 5.74) is 2.80. The Kier molecular flexibility index (Phi) is 6.44. The molecule has 0 bridgehead atoms. The van der Waals surface area contributed by atoms with Crippen molar-refractivity contribution in [3.63, 3.8) is 0 Å². The summed E-state index contributed by atoms with van der Waals surface area (Å²) in [6, 6.07) is 7.60. The topological polar surface area (TPSA) is 12.0 Å². The molecule has 1 saturated carbocycles. The fraction of sp³-hybridized carbons (Fsp3) is 0.667. The zero-order chi connectivity index (χ0) is 14.4. The lowest BCUT2D eigenvalue weighted by molar-refractivity contribution is 0.393. The van der Waals surface area contributed by atoms with Crippen molar-refractivity contribution in [2.24, 2.45) is 5.92 Å². The van der Waals surface area contributed by atoms with Gasteiger partial charge in [0.05, 0.1) is 0 Å². The normalized spacial score (nSPS) is 22.4. The van der Waals surface area contributed by atoms with E-state index < -0.39 is 0 Å². The molecule has 112 valence electrons. The molecule has 2 rings (SSSR count). The van der Waals surface area contributed by atoms with Crippen LogP contribution < -0.4 is 5.32 Å². The molecule has 2 unspecified atom stereocenters. The average Bonchev–Trinajstić information content (AvgIpc) is 2.86. The highest BCUT2D eigenvalue weighted by atomic mass is 32.2. The van der Waals surface area contributed by atoms with Gasteiger partial charge in [0.1, 0.15) is 0 Å². The highest BCUT2D eigenvalue weighted by molar-refractivity contribution is 7.99. The molecule has 0 heterocycles. The van der Waals surface area contributed by atoms with Gasteiger partial charge < -0.3 is 5.32 Å². The van der Waals surface area contributed by atoms with Gasteiger partial charge in [0.2, 0.25) is 0 Å². The number of hydrogen-bond donors (Lipinski definition) is 1. The van der Waals surface area contributed by atoms with E-state index in [0.29, 0.717) is 0 Å². The SMILES string of the molecule is CCCNC1CCCC1CCSc1ccc(C)cc1C. The van der Waals surface area contributed by atoms with Crippen molar-refractivity contribution in [1.29, 1.82) is 0 Å². The first-order valence-corrected chi connectivity index (χ1v) is 9.12. The summed E-state index contributed by atoms with van der Waals surface area (Å²) in [5.74, 6) is 2.17. The molecule has 20 heavy (non-hydrogen) atoms. The summed E-state index contributed by atoms with van der Waals surface area (Å²) in [5, 5.41) is 3.74. The molecule has 0 saturated heterocycles. The van der Waals surface area contributed by atoms with Crippen LogP contribution in [0.15, 0.2) is 23.1 Å². The van der Waals surface area contributed by atoms with Crippen LogP contribution in [0.5, 0.6) is 0 Å². The number of rotatable bonds is 7. The van der Waals surface area contributed by atoms with Crippen molar-refractivity contribution >= 4 is 11.8 Å². The summed E-state index contributed by atoms with van der Waals surface area (Å²) in [6.07, 6.45) is 6.84. The lowest BCUT2D eigenvalue weighted by Crippen LogP contribution is -2.33. The van der Waals surface area contributed by atoms with Crippen LogP contribution in [0.1, 0.15) is 50.2 Å². The predicted octanol–water partition coefficient (Wildman–Crippen LogP) is 4.95. The first-order chi connectivity index (χ1) is 9.70. The van der Waals surface area contributed by atoms with Gasteiger partial charge in [-0.05, 0) is 69.4 Å². The van der Waals surface area contributed by atoms with Gasteiger partial charge >= 0.3 is 0 Å². The second-order valence-corrected chi connectivity index (χ2v) is 7.29. The van der Waals surface area contributed by atoms with Gasteiger partial charge in [-0.1, -0.05) is 31.0 Å². The summed E-state index contributed by atoms with van der Waals surface area (Å²) in [6.45, 7) is 7.85. The highest BCUT2D eigenvalue weighted by Crippen LogP contribution is 2.32. The molecule has 0 radical (unpaired) electrons. The summed E-state index contributed by atoms with van der Waals surface area (Å²) >= 11 is 2.04. The maximum Gasteiger partial charge on any atom is 0.0101 e. The second kappa shape index (κ2) is 8.09. The Morgan fingerprint density at radius 3 is 2.85 bits per heavy atom. The van der Waals surface area contributed by atoms with E-state index in [1.54, 1.807) is 0 Å². The molecular weight excluding hydrogens is 262 g/mol. The Morgan fingerprint density at radius 2 is 2.10 bits per heavy atom. The molecule has 0 aromatic heterocycles. The van der Waals surface area contributed by atoms with Crippen LogP contribution in [0.25, 0.3) is 0 Å². The van der Waals surface area contributed by atoms with E-state index in [1.807, 2.05) is 11.8 Å². The molecular formula is C18H29NS. The minimum atomic E-state index is 0.787. The monoisotopic (exact) mass is 291 g/mol. The fourth-order valence-electron chi connectivity index (χ4n) is 3.26. The van der Waals surface area contributed by atoms with Crippen LogP contribution in [-0.4, -0.2) is 18.3 Å². The maximum absolute atomic E-state index is 3.74. The average molecular weight is 292 g/mol. The van der Waals surface area contributed by atoms with Gasteiger partial charge in [-0.25, -0.2) is 0 Å². The minimum absolute atomic E-state index is 0.787. The van der Waals surface area contributed by atoms with E-state index in [2.05, 4.69) is 44.3 Å². The van der Waals surface area contributed by atoms with Gasteiger partial charge in [-0.2, -0.15) is 0 Å². The quantitative estimate of drug-likeness (QED) is 0.713. The van der Waals surface area contributed by atoms with E-state index in [9.17, 15) is 0 Å². The van der Waals surface area contributed by atoms with E-state index in [1.165, 1.54) is 60.4 Å². The maximum atomic E-state index is 3.74. The van der Waals surface area contributed by atoms with Gasteiger partial charge in [-0.15, -0.1) is 11.8 Å². The third-order valence-corrected chi connectivity index (χ3v) is 5.60. The Morgan fingerprint density at radius 1 is 1.25 bits per heavy atom. The molecule has 1 aliphatic rings. The Hall–Kier alpha value is -0.470. The molecule has 0 amide bonds. The molecule has 1 aromatic rings. The van der Waals surface area contributed by atoms with Crippen LogP contribution in [0.3, 0.4) is 0 Å². The first-order valence-electron chi connectivity index (χ1n) is 8.14. The first kappa shape index (κ1) is 15.9. The number of benzene rings is 1. The number of nitrogens with one attached hydrogen (secondary N) is 1.